The van der Waals surface area contributed by atoms with Crippen molar-refractivity contribution in [3.63, 3.8) is 0 Å². The first kappa shape index (κ1) is 11.3. The number of aromatic carboxylic acids is 1. The van der Waals surface area contributed by atoms with Crippen LogP contribution in [0, 0.1) is 13.8 Å². The molecule has 0 atom stereocenters. The van der Waals surface area contributed by atoms with Crippen LogP contribution in [0.4, 0.5) is 0 Å². The van der Waals surface area contributed by atoms with Crippen LogP contribution in [0.25, 0.3) is 11.3 Å². The molecule has 0 fully saturated rings. The zero-order chi connectivity index (χ0) is 12.4. The number of aryl methyl sites for hydroxylation is 2. The maximum atomic E-state index is 10.7. The molecule has 0 amide bonds. The zero-order valence-corrected chi connectivity index (χ0v) is 9.64. The summed E-state index contributed by atoms with van der Waals surface area (Å²) < 4.78 is 0. The molecule has 0 spiro atoms. The molecule has 0 saturated carbocycles. The smallest absolute Gasteiger partial charge is 0.356 e. The lowest BCUT2D eigenvalue weighted by molar-refractivity contribution is 0.0689. The molecule has 0 saturated heterocycles. The van der Waals surface area contributed by atoms with Gasteiger partial charge in [0.1, 0.15) is 0 Å². The highest BCUT2D eigenvalue weighted by Crippen LogP contribution is 2.21. The quantitative estimate of drug-likeness (QED) is 0.857. The summed E-state index contributed by atoms with van der Waals surface area (Å²) in [6.45, 7) is 4.02. The molecule has 0 unspecified atom stereocenters. The molecule has 2 rings (SSSR count). The van der Waals surface area contributed by atoms with E-state index in [1.807, 2.05) is 26.0 Å². The van der Waals surface area contributed by atoms with Gasteiger partial charge in [0.05, 0.1) is 5.69 Å². The van der Waals surface area contributed by atoms with Gasteiger partial charge >= 0.3 is 5.97 Å². The van der Waals surface area contributed by atoms with Crippen molar-refractivity contribution in [2.24, 2.45) is 0 Å². The van der Waals surface area contributed by atoms with E-state index in [9.17, 15) is 4.79 Å². The Morgan fingerprint density at radius 1 is 1.12 bits per heavy atom. The van der Waals surface area contributed by atoms with E-state index >= 15 is 0 Å². The van der Waals surface area contributed by atoms with Gasteiger partial charge in [-0.1, -0.05) is 23.8 Å². The van der Waals surface area contributed by atoms with Crippen LogP contribution in [-0.2, 0) is 0 Å². The zero-order valence-electron chi connectivity index (χ0n) is 9.64. The summed E-state index contributed by atoms with van der Waals surface area (Å²) in [7, 11) is 0. The number of aromatic nitrogens is 2. The fourth-order valence-electron chi connectivity index (χ4n) is 1.69. The van der Waals surface area contributed by atoms with Crippen LogP contribution in [0.1, 0.15) is 21.6 Å². The first-order valence-corrected chi connectivity index (χ1v) is 5.22. The van der Waals surface area contributed by atoms with E-state index in [2.05, 4.69) is 16.3 Å². The second-order valence-electron chi connectivity index (χ2n) is 3.93. The molecule has 0 radical (unpaired) electrons. The van der Waals surface area contributed by atoms with E-state index in [1.165, 1.54) is 11.6 Å². The first-order chi connectivity index (χ1) is 8.08. The third kappa shape index (κ3) is 2.30. The molecule has 0 aliphatic rings. The van der Waals surface area contributed by atoms with Gasteiger partial charge in [-0.3, -0.25) is 0 Å². The standard InChI is InChI=1S/C13H12N2O2/c1-8-3-4-10(9(2)7-8)11-5-6-12(13(16)17)15-14-11/h3-7H,1-2H3,(H,16,17). The Morgan fingerprint density at radius 3 is 2.41 bits per heavy atom. The lowest BCUT2D eigenvalue weighted by Gasteiger charge is -2.05. The summed E-state index contributed by atoms with van der Waals surface area (Å²) in [6, 6.07) is 9.16. The number of carbonyl (C=O) groups is 1. The Labute approximate surface area is 98.9 Å². The number of benzene rings is 1. The molecule has 1 aromatic carbocycles. The maximum absolute atomic E-state index is 10.7. The molecule has 0 bridgehead atoms. The van der Waals surface area contributed by atoms with Gasteiger partial charge in [0, 0.05) is 5.56 Å². The Morgan fingerprint density at radius 2 is 1.88 bits per heavy atom. The van der Waals surface area contributed by atoms with Crippen molar-refractivity contribution < 1.29 is 9.90 Å². The Bertz CT molecular complexity index is 562. The van der Waals surface area contributed by atoms with E-state index in [0.717, 1.165) is 11.1 Å². The molecule has 2 aromatic rings. The van der Waals surface area contributed by atoms with Gasteiger partial charge in [-0.05, 0) is 31.5 Å². The van der Waals surface area contributed by atoms with Gasteiger partial charge in [-0.2, -0.15) is 0 Å². The number of carboxylic acids is 1. The van der Waals surface area contributed by atoms with E-state index in [1.54, 1.807) is 6.07 Å². The topological polar surface area (TPSA) is 63.1 Å². The van der Waals surface area contributed by atoms with Gasteiger partial charge in [0.15, 0.2) is 5.69 Å². The van der Waals surface area contributed by atoms with Crippen molar-refractivity contribution in [2.45, 2.75) is 13.8 Å². The average Bonchev–Trinajstić information content (AvgIpc) is 2.29. The molecular weight excluding hydrogens is 216 g/mol. The van der Waals surface area contributed by atoms with E-state index in [0.29, 0.717) is 5.69 Å². The number of rotatable bonds is 2. The molecule has 4 heteroatoms. The lowest BCUT2D eigenvalue weighted by Crippen LogP contribution is -2.02. The number of hydrogen-bond acceptors (Lipinski definition) is 3. The summed E-state index contributed by atoms with van der Waals surface area (Å²) >= 11 is 0. The predicted molar refractivity (Wildman–Crippen MR) is 63.9 cm³/mol. The molecule has 1 N–H and O–H groups in total. The largest absolute Gasteiger partial charge is 0.476 e. The van der Waals surface area contributed by atoms with Crippen LogP contribution >= 0.6 is 0 Å². The highest BCUT2D eigenvalue weighted by Gasteiger charge is 2.07. The van der Waals surface area contributed by atoms with E-state index < -0.39 is 5.97 Å². The molecular formula is C13H12N2O2. The predicted octanol–water partition coefficient (Wildman–Crippen LogP) is 2.46. The van der Waals surface area contributed by atoms with Crippen molar-refractivity contribution in [3.05, 3.63) is 47.2 Å². The second kappa shape index (κ2) is 4.33. The van der Waals surface area contributed by atoms with Crippen LogP contribution in [0.15, 0.2) is 30.3 Å². The summed E-state index contributed by atoms with van der Waals surface area (Å²) in [5.74, 6) is -1.07. The van der Waals surface area contributed by atoms with Gasteiger partial charge < -0.3 is 5.11 Å². The Kier molecular flexibility index (Phi) is 2.87. The Hall–Kier alpha value is -2.23. The monoisotopic (exact) mass is 228 g/mol. The summed E-state index contributed by atoms with van der Waals surface area (Å²) in [5, 5.41) is 16.3. The van der Waals surface area contributed by atoms with Crippen LogP contribution in [-0.4, -0.2) is 21.3 Å². The first-order valence-electron chi connectivity index (χ1n) is 5.22. The van der Waals surface area contributed by atoms with Crippen molar-refractivity contribution in [1.29, 1.82) is 0 Å². The summed E-state index contributed by atoms with van der Waals surface area (Å²) in [4.78, 5) is 10.7. The second-order valence-corrected chi connectivity index (χ2v) is 3.93. The minimum atomic E-state index is -1.07. The summed E-state index contributed by atoms with van der Waals surface area (Å²) in [6.07, 6.45) is 0. The minimum Gasteiger partial charge on any atom is -0.476 e. The fraction of sp³-hybridized carbons (Fsp3) is 0.154. The van der Waals surface area contributed by atoms with Crippen molar-refractivity contribution in [2.75, 3.05) is 0 Å². The van der Waals surface area contributed by atoms with Crippen LogP contribution in [0.5, 0.6) is 0 Å². The van der Waals surface area contributed by atoms with Crippen LogP contribution in [0.2, 0.25) is 0 Å². The number of carboxylic acid groups (broad SMARTS) is 1. The van der Waals surface area contributed by atoms with Crippen molar-refractivity contribution >= 4 is 5.97 Å². The molecule has 1 aromatic heterocycles. The van der Waals surface area contributed by atoms with Gasteiger partial charge in [0.25, 0.3) is 0 Å². The SMILES string of the molecule is Cc1ccc(-c2ccc(C(=O)O)nn2)c(C)c1. The molecule has 4 nitrogen and oxygen atoms in total. The molecule has 17 heavy (non-hydrogen) atoms. The number of hydrogen-bond donors (Lipinski definition) is 1. The number of nitrogens with zero attached hydrogens (tertiary/aromatic N) is 2. The molecule has 0 aliphatic heterocycles. The lowest BCUT2D eigenvalue weighted by atomic mass is 10.0. The van der Waals surface area contributed by atoms with Crippen molar-refractivity contribution in [1.82, 2.24) is 10.2 Å². The Balaban J connectivity index is 2.43. The van der Waals surface area contributed by atoms with Crippen LogP contribution in [0.3, 0.4) is 0 Å². The maximum Gasteiger partial charge on any atom is 0.356 e. The van der Waals surface area contributed by atoms with Gasteiger partial charge in [0.2, 0.25) is 0 Å². The fourth-order valence-corrected chi connectivity index (χ4v) is 1.69. The average molecular weight is 228 g/mol. The highest BCUT2D eigenvalue weighted by atomic mass is 16.4. The van der Waals surface area contributed by atoms with Gasteiger partial charge in [-0.25, -0.2) is 4.79 Å². The van der Waals surface area contributed by atoms with E-state index in [-0.39, 0.29) is 5.69 Å². The van der Waals surface area contributed by atoms with Crippen LogP contribution < -0.4 is 0 Å². The molecule has 0 aliphatic carbocycles. The molecule has 1 heterocycles. The molecule has 86 valence electrons. The van der Waals surface area contributed by atoms with E-state index in [4.69, 9.17) is 5.11 Å². The highest BCUT2D eigenvalue weighted by molar-refractivity contribution is 5.85. The normalized spacial score (nSPS) is 10.2. The third-order valence-corrected chi connectivity index (χ3v) is 2.54. The van der Waals surface area contributed by atoms with Gasteiger partial charge in [-0.15, -0.1) is 10.2 Å². The summed E-state index contributed by atoms with van der Waals surface area (Å²) in [5.41, 5.74) is 3.90. The van der Waals surface area contributed by atoms with Crippen molar-refractivity contribution in [3.8, 4) is 11.3 Å². The minimum absolute atomic E-state index is 0.0430. The third-order valence-electron chi connectivity index (χ3n) is 2.54.